The van der Waals surface area contributed by atoms with Crippen molar-refractivity contribution >= 4 is 23.5 Å². The molecule has 5 heteroatoms. The molecule has 5 nitrogen and oxygen atoms in total. The van der Waals surface area contributed by atoms with E-state index in [9.17, 15) is 14.4 Å². The Bertz CT molecular complexity index is 775. The highest BCUT2D eigenvalue weighted by atomic mass is 16.5. The van der Waals surface area contributed by atoms with Gasteiger partial charge in [0, 0.05) is 0 Å². The molecule has 25 heavy (non-hydrogen) atoms. The SMILES string of the molecule is CCOC(=O)c1ccc(N2C(=O)[C@H]3[C@@H]4C=C[C@@H]([C@H]5C[C@H]45)[C@@H]3C2=O)cc1. The number of nitrogens with zero attached hydrogens (tertiary/aromatic N) is 1. The number of esters is 1. The second-order valence-corrected chi connectivity index (χ2v) is 7.43. The first kappa shape index (κ1) is 14.9. The molecule has 1 aliphatic heterocycles. The van der Waals surface area contributed by atoms with E-state index in [4.69, 9.17) is 4.74 Å². The fourth-order valence-corrected chi connectivity index (χ4v) is 5.17. The summed E-state index contributed by atoms with van der Waals surface area (Å²) in [6.45, 7) is 2.06. The zero-order chi connectivity index (χ0) is 17.3. The Kier molecular flexibility index (Phi) is 3.00. The van der Waals surface area contributed by atoms with Gasteiger partial charge in [0.05, 0.1) is 29.7 Å². The van der Waals surface area contributed by atoms with E-state index in [1.165, 1.54) is 4.90 Å². The van der Waals surface area contributed by atoms with Crippen molar-refractivity contribution in [3.8, 4) is 0 Å². The molecule has 0 unspecified atom stereocenters. The summed E-state index contributed by atoms with van der Waals surface area (Å²) in [6, 6.07) is 6.55. The zero-order valence-electron chi connectivity index (χ0n) is 13.9. The van der Waals surface area contributed by atoms with E-state index in [0.717, 1.165) is 6.42 Å². The molecule has 1 aromatic carbocycles. The number of allylic oxidation sites excluding steroid dienone is 2. The molecule has 0 radical (unpaired) electrons. The zero-order valence-corrected chi connectivity index (χ0v) is 13.9. The first-order valence-electron chi connectivity index (χ1n) is 8.95. The maximum atomic E-state index is 13.0. The Morgan fingerprint density at radius 1 is 1.04 bits per heavy atom. The van der Waals surface area contributed by atoms with Gasteiger partial charge in [0.25, 0.3) is 0 Å². The predicted molar refractivity (Wildman–Crippen MR) is 89.6 cm³/mol. The van der Waals surface area contributed by atoms with Crippen LogP contribution in [0.3, 0.4) is 0 Å². The van der Waals surface area contributed by atoms with Crippen molar-refractivity contribution in [3.05, 3.63) is 42.0 Å². The lowest BCUT2D eigenvalue weighted by Gasteiger charge is -2.37. The third-order valence-corrected chi connectivity index (χ3v) is 6.30. The largest absolute Gasteiger partial charge is 0.462 e. The van der Waals surface area contributed by atoms with Crippen LogP contribution < -0.4 is 4.90 Å². The quantitative estimate of drug-likeness (QED) is 0.483. The minimum atomic E-state index is -0.399. The summed E-state index contributed by atoms with van der Waals surface area (Å²) in [4.78, 5) is 39.1. The van der Waals surface area contributed by atoms with Crippen LogP contribution in [0.15, 0.2) is 36.4 Å². The molecule has 5 aliphatic rings. The Hall–Kier alpha value is -2.43. The smallest absolute Gasteiger partial charge is 0.338 e. The average molecular weight is 337 g/mol. The number of benzene rings is 1. The second-order valence-electron chi connectivity index (χ2n) is 7.43. The molecule has 0 spiro atoms. The second kappa shape index (κ2) is 5.04. The molecule has 2 saturated carbocycles. The Balaban J connectivity index is 1.45. The van der Waals surface area contributed by atoms with Crippen LogP contribution >= 0.6 is 0 Å². The van der Waals surface area contributed by atoms with Crippen molar-refractivity contribution in [3.63, 3.8) is 0 Å². The maximum absolute atomic E-state index is 13.0. The van der Waals surface area contributed by atoms with Crippen LogP contribution in [0.1, 0.15) is 23.7 Å². The van der Waals surface area contributed by atoms with Crippen molar-refractivity contribution in [2.24, 2.45) is 35.5 Å². The fraction of sp³-hybridized carbons (Fsp3) is 0.450. The highest BCUT2D eigenvalue weighted by Crippen LogP contribution is 2.65. The Morgan fingerprint density at radius 2 is 1.60 bits per heavy atom. The average Bonchev–Trinajstić information content (AvgIpc) is 3.40. The number of rotatable bonds is 3. The van der Waals surface area contributed by atoms with Gasteiger partial charge in [-0.15, -0.1) is 0 Å². The normalized spacial score (nSPS) is 37.1. The number of carbonyl (C=O) groups is 3. The predicted octanol–water partition coefficient (Wildman–Crippen LogP) is 2.42. The van der Waals surface area contributed by atoms with Crippen LogP contribution in [0.25, 0.3) is 0 Å². The summed E-state index contributed by atoms with van der Waals surface area (Å²) in [7, 11) is 0. The molecule has 6 rings (SSSR count). The Morgan fingerprint density at radius 3 is 2.12 bits per heavy atom. The van der Waals surface area contributed by atoms with E-state index in [-0.39, 0.29) is 35.5 Å². The van der Waals surface area contributed by atoms with Crippen LogP contribution in [-0.2, 0) is 14.3 Å². The van der Waals surface area contributed by atoms with Crippen LogP contribution in [0, 0.1) is 35.5 Å². The standard InChI is InChI=1S/C20H19NO4/c1-2-25-20(24)10-3-5-11(6-4-10)21-18(22)16-12-7-8-13(15-9-14(12)15)17(16)19(21)23/h3-8,12-17H,2,9H2,1H3/t12-,13+,14-,15-,16+,17+/m1/s1. The molecular weight excluding hydrogens is 318 g/mol. The molecule has 1 heterocycles. The van der Waals surface area contributed by atoms with E-state index < -0.39 is 5.97 Å². The van der Waals surface area contributed by atoms with Crippen molar-refractivity contribution in [1.82, 2.24) is 0 Å². The first-order valence-corrected chi connectivity index (χ1v) is 8.95. The third kappa shape index (κ3) is 1.92. The van der Waals surface area contributed by atoms with Crippen molar-refractivity contribution in [2.45, 2.75) is 13.3 Å². The number of anilines is 1. The summed E-state index contributed by atoms with van der Waals surface area (Å²) in [6.07, 6.45) is 5.49. The Labute approximate surface area is 145 Å². The first-order chi connectivity index (χ1) is 12.1. The lowest BCUT2D eigenvalue weighted by Crippen LogP contribution is -2.40. The van der Waals surface area contributed by atoms with Crippen LogP contribution in [0.4, 0.5) is 5.69 Å². The van der Waals surface area contributed by atoms with Gasteiger partial charge in [-0.25, -0.2) is 4.79 Å². The molecular formula is C20H19NO4. The van der Waals surface area contributed by atoms with Crippen molar-refractivity contribution in [1.29, 1.82) is 0 Å². The van der Waals surface area contributed by atoms with Gasteiger partial charge in [-0.2, -0.15) is 0 Å². The number of carbonyl (C=O) groups excluding carboxylic acids is 3. The van der Waals surface area contributed by atoms with Gasteiger partial charge >= 0.3 is 5.97 Å². The highest BCUT2D eigenvalue weighted by Gasteiger charge is 2.67. The number of hydrogen-bond donors (Lipinski definition) is 0. The van der Waals surface area contributed by atoms with Gasteiger partial charge < -0.3 is 4.74 Å². The third-order valence-electron chi connectivity index (χ3n) is 6.30. The lowest BCUT2D eigenvalue weighted by atomic mass is 9.63. The molecule has 1 saturated heterocycles. The molecule has 3 fully saturated rings. The monoisotopic (exact) mass is 337 g/mol. The van der Waals surface area contributed by atoms with Gasteiger partial charge in [-0.05, 0) is 61.3 Å². The minimum absolute atomic E-state index is 0.0800. The van der Waals surface area contributed by atoms with Crippen molar-refractivity contribution < 1.29 is 19.1 Å². The highest BCUT2D eigenvalue weighted by molar-refractivity contribution is 6.22. The van der Waals surface area contributed by atoms with E-state index in [1.54, 1.807) is 31.2 Å². The number of hydrogen-bond acceptors (Lipinski definition) is 4. The van der Waals surface area contributed by atoms with Crippen molar-refractivity contribution in [2.75, 3.05) is 11.5 Å². The molecule has 0 aromatic heterocycles. The molecule has 128 valence electrons. The minimum Gasteiger partial charge on any atom is -0.462 e. The summed E-state index contributed by atoms with van der Waals surface area (Å²) >= 11 is 0. The van der Waals surface area contributed by atoms with E-state index in [0.29, 0.717) is 29.7 Å². The van der Waals surface area contributed by atoms with Gasteiger partial charge in [-0.1, -0.05) is 12.2 Å². The summed E-state index contributed by atoms with van der Waals surface area (Å²) in [5, 5.41) is 0. The van der Waals surface area contributed by atoms with E-state index in [2.05, 4.69) is 12.2 Å². The molecule has 2 amide bonds. The summed E-state index contributed by atoms with van der Waals surface area (Å²) < 4.78 is 4.97. The molecule has 2 bridgehead atoms. The fourth-order valence-electron chi connectivity index (χ4n) is 5.17. The van der Waals surface area contributed by atoms with Gasteiger partial charge in [0.1, 0.15) is 0 Å². The summed E-state index contributed by atoms with van der Waals surface area (Å²) in [5.41, 5.74) is 0.968. The lowest BCUT2D eigenvalue weighted by molar-refractivity contribution is -0.124. The molecule has 4 aliphatic carbocycles. The number of imide groups is 1. The van der Waals surface area contributed by atoms with E-state index >= 15 is 0 Å². The van der Waals surface area contributed by atoms with Gasteiger partial charge in [-0.3, -0.25) is 14.5 Å². The van der Waals surface area contributed by atoms with E-state index in [1.807, 2.05) is 0 Å². The number of ether oxygens (including phenoxy) is 1. The maximum Gasteiger partial charge on any atom is 0.338 e. The molecule has 1 aromatic rings. The number of amides is 2. The summed E-state index contributed by atoms with van der Waals surface area (Å²) in [5.74, 6) is 0.682. The van der Waals surface area contributed by atoms with Crippen LogP contribution in [0.5, 0.6) is 0 Å². The topological polar surface area (TPSA) is 63.7 Å². The van der Waals surface area contributed by atoms with Gasteiger partial charge in [0.15, 0.2) is 0 Å². The van der Waals surface area contributed by atoms with Crippen LogP contribution in [-0.4, -0.2) is 24.4 Å². The molecule has 0 N–H and O–H groups in total. The van der Waals surface area contributed by atoms with Gasteiger partial charge in [0.2, 0.25) is 11.8 Å². The van der Waals surface area contributed by atoms with Crippen LogP contribution in [0.2, 0.25) is 0 Å². The molecule has 6 atom stereocenters.